The highest BCUT2D eigenvalue weighted by Gasteiger charge is 2.29. The molecule has 3 rings (SSSR count). The quantitative estimate of drug-likeness (QED) is 0.826. The molecule has 1 aliphatic heterocycles. The summed E-state index contributed by atoms with van der Waals surface area (Å²) in [5, 5.41) is 0. The molecule has 0 saturated carbocycles. The molecule has 3 nitrogen and oxygen atoms in total. The molecule has 1 aromatic carbocycles. The fourth-order valence-electron chi connectivity index (χ4n) is 4.65. The molecule has 1 aliphatic carbocycles. The summed E-state index contributed by atoms with van der Waals surface area (Å²) >= 11 is 0. The van der Waals surface area contributed by atoms with Gasteiger partial charge in [-0.15, -0.1) is 0 Å². The third-order valence-corrected chi connectivity index (χ3v) is 6.32. The molecular weight excluding hydrogens is 308 g/mol. The molecule has 3 heteroatoms. The lowest BCUT2D eigenvalue weighted by Crippen LogP contribution is -3.14. The van der Waals surface area contributed by atoms with Crippen LogP contribution in [0.2, 0.25) is 0 Å². The second-order valence-corrected chi connectivity index (χ2v) is 8.43. The summed E-state index contributed by atoms with van der Waals surface area (Å²) in [6.45, 7) is 13.4. The summed E-state index contributed by atoms with van der Waals surface area (Å²) in [6.07, 6.45) is 5.34. The molecule has 0 unspecified atom stereocenters. The molecule has 1 fully saturated rings. The van der Waals surface area contributed by atoms with Gasteiger partial charge in [0.2, 0.25) is 0 Å². The maximum atomic E-state index is 5.26. The molecule has 2 aliphatic rings. The number of anilines is 1. The van der Waals surface area contributed by atoms with E-state index in [-0.39, 0.29) is 0 Å². The highest BCUT2D eigenvalue weighted by Crippen LogP contribution is 2.41. The van der Waals surface area contributed by atoms with Gasteiger partial charge in [0.05, 0.1) is 39.8 Å². The van der Waals surface area contributed by atoms with Crippen LogP contribution in [0.5, 0.6) is 5.75 Å². The Kier molecular flexibility index (Phi) is 5.73. The van der Waals surface area contributed by atoms with Crippen LogP contribution in [0.15, 0.2) is 35.4 Å². The summed E-state index contributed by atoms with van der Waals surface area (Å²) in [6, 6.07) is 8.50. The second-order valence-electron chi connectivity index (χ2n) is 8.43. The Morgan fingerprint density at radius 2 is 1.80 bits per heavy atom. The molecule has 0 amide bonds. The third-order valence-electron chi connectivity index (χ3n) is 6.32. The minimum Gasteiger partial charge on any atom is -0.497 e. The molecule has 138 valence electrons. The summed E-state index contributed by atoms with van der Waals surface area (Å²) in [4.78, 5) is 4.28. The molecule has 1 aromatic rings. The Balaban J connectivity index is 1.51. The first-order chi connectivity index (χ1) is 12.0. The van der Waals surface area contributed by atoms with E-state index < -0.39 is 0 Å². The first-order valence-corrected chi connectivity index (χ1v) is 9.91. The number of piperazine rings is 1. The minimum atomic E-state index is 0.423. The maximum absolute atomic E-state index is 5.26. The fraction of sp³-hybridized carbons (Fsp3) is 0.636. The zero-order valence-corrected chi connectivity index (χ0v) is 16.5. The number of allylic oxidation sites excluding steroid dienone is 1. The summed E-state index contributed by atoms with van der Waals surface area (Å²) in [5.41, 5.74) is 5.18. The topological polar surface area (TPSA) is 16.9 Å². The van der Waals surface area contributed by atoms with Crippen LogP contribution >= 0.6 is 0 Å². The lowest BCUT2D eigenvalue weighted by molar-refractivity contribution is -0.900. The molecule has 0 spiro atoms. The zero-order valence-electron chi connectivity index (χ0n) is 16.5. The predicted octanol–water partition coefficient (Wildman–Crippen LogP) is 3.32. The van der Waals surface area contributed by atoms with E-state index in [9.17, 15) is 0 Å². The van der Waals surface area contributed by atoms with Gasteiger partial charge >= 0.3 is 0 Å². The van der Waals surface area contributed by atoms with Crippen molar-refractivity contribution in [2.24, 2.45) is 5.41 Å². The van der Waals surface area contributed by atoms with E-state index >= 15 is 0 Å². The van der Waals surface area contributed by atoms with Gasteiger partial charge in [0.1, 0.15) is 5.75 Å². The highest BCUT2D eigenvalue weighted by atomic mass is 16.5. The zero-order chi connectivity index (χ0) is 17.9. The van der Waals surface area contributed by atoms with Gasteiger partial charge in [0, 0.05) is 12.1 Å². The normalized spacial score (nSPS) is 21.5. The number of quaternary nitrogens is 1. The Morgan fingerprint density at radius 1 is 1.12 bits per heavy atom. The van der Waals surface area contributed by atoms with Crippen LogP contribution in [0.3, 0.4) is 0 Å². The summed E-state index contributed by atoms with van der Waals surface area (Å²) in [7, 11) is 1.72. The van der Waals surface area contributed by atoms with Gasteiger partial charge in [-0.25, -0.2) is 0 Å². The van der Waals surface area contributed by atoms with Crippen LogP contribution in [0.1, 0.15) is 46.5 Å². The minimum absolute atomic E-state index is 0.423. The first kappa shape index (κ1) is 18.3. The average molecular weight is 344 g/mol. The Morgan fingerprint density at radius 3 is 2.40 bits per heavy atom. The molecule has 25 heavy (non-hydrogen) atoms. The number of methoxy groups -OCH3 is 1. The molecule has 0 radical (unpaired) electrons. The van der Waals surface area contributed by atoms with Gasteiger partial charge < -0.3 is 14.5 Å². The Labute approximate surface area is 153 Å². The van der Waals surface area contributed by atoms with E-state index in [1.54, 1.807) is 23.2 Å². The smallest absolute Gasteiger partial charge is 0.119 e. The number of hydrogen-bond donors (Lipinski definition) is 1. The van der Waals surface area contributed by atoms with Crippen LogP contribution in [0.4, 0.5) is 5.69 Å². The van der Waals surface area contributed by atoms with E-state index in [0.29, 0.717) is 5.41 Å². The molecule has 1 saturated heterocycles. The van der Waals surface area contributed by atoms with E-state index in [4.69, 9.17) is 4.74 Å². The summed E-state index contributed by atoms with van der Waals surface area (Å²) < 4.78 is 5.26. The molecule has 1 N–H and O–H groups in total. The number of nitrogens with one attached hydrogen (secondary N) is 1. The average Bonchev–Trinajstić information content (AvgIpc) is 2.61. The number of hydrogen-bond acceptors (Lipinski definition) is 2. The standard InChI is InChI=1S/C22H34N2O/c1-18-6-5-12-22(2,3)21(18)11-13-23-14-16-24(17-15-23)19-7-9-20(25-4)10-8-19/h7-10H,5-6,11-17H2,1-4H3/p+1. The second kappa shape index (κ2) is 7.82. The Hall–Kier alpha value is -1.48. The monoisotopic (exact) mass is 343 g/mol. The van der Waals surface area contributed by atoms with Crippen molar-refractivity contribution in [1.82, 2.24) is 0 Å². The highest BCUT2D eigenvalue weighted by molar-refractivity contribution is 5.49. The number of ether oxygens (including phenoxy) is 1. The van der Waals surface area contributed by atoms with E-state index in [1.807, 2.05) is 0 Å². The van der Waals surface area contributed by atoms with Crippen LogP contribution in [0, 0.1) is 5.41 Å². The lowest BCUT2D eigenvalue weighted by Gasteiger charge is -2.37. The van der Waals surface area contributed by atoms with Crippen molar-refractivity contribution in [3.8, 4) is 5.75 Å². The number of nitrogens with zero attached hydrogens (tertiary/aromatic N) is 1. The van der Waals surface area contributed by atoms with Crippen molar-refractivity contribution in [1.29, 1.82) is 0 Å². The third kappa shape index (κ3) is 4.38. The van der Waals surface area contributed by atoms with Gasteiger partial charge in [0.25, 0.3) is 0 Å². The SMILES string of the molecule is COc1ccc(N2CC[NH+](CCC3=C(C)CCCC3(C)C)CC2)cc1. The molecule has 0 aromatic heterocycles. The van der Waals surface area contributed by atoms with Crippen molar-refractivity contribution < 1.29 is 9.64 Å². The largest absolute Gasteiger partial charge is 0.497 e. The van der Waals surface area contributed by atoms with Crippen molar-refractivity contribution in [3.05, 3.63) is 35.4 Å². The van der Waals surface area contributed by atoms with Crippen LogP contribution in [-0.4, -0.2) is 39.8 Å². The van der Waals surface area contributed by atoms with Gasteiger partial charge in [0.15, 0.2) is 0 Å². The van der Waals surface area contributed by atoms with Gasteiger partial charge in [-0.3, -0.25) is 0 Å². The molecule has 0 atom stereocenters. The summed E-state index contributed by atoms with van der Waals surface area (Å²) in [5.74, 6) is 0.937. The molecule has 1 heterocycles. The van der Waals surface area contributed by atoms with Gasteiger partial charge in [-0.1, -0.05) is 25.0 Å². The fourth-order valence-corrected chi connectivity index (χ4v) is 4.65. The van der Waals surface area contributed by atoms with Crippen LogP contribution in [-0.2, 0) is 0 Å². The van der Waals surface area contributed by atoms with Crippen molar-refractivity contribution in [3.63, 3.8) is 0 Å². The van der Waals surface area contributed by atoms with Crippen molar-refractivity contribution >= 4 is 5.69 Å². The predicted molar refractivity (Wildman–Crippen MR) is 106 cm³/mol. The lowest BCUT2D eigenvalue weighted by atomic mass is 9.71. The van der Waals surface area contributed by atoms with Gasteiger partial charge in [-0.05, 0) is 55.9 Å². The maximum Gasteiger partial charge on any atom is 0.119 e. The van der Waals surface area contributed by atoms with Crippen LogP contribution < -0.4 is 14.5 Å². The number of benzene rings is 1. The van der Waals surface area contributed by atoms with Crippen molar-refractivity contribution in [2.45, 2.75) is 46.5 Å². The molecule has 0 bridgehead atoms. The Bertz CT molecular complexity index is 595. The van der Waals surface area contributed by atoms with Crippen molar-refractivity contribution in [2.75, 3.05) is 44.7 Å². The molecular formula is C22H35N2O+. The van der Waals surface area contributed by atoms with E-state index in [2.05, 4.69) is 49.9 Å². The van der Waals surface area contributed by atoms with Crippen LogP contribution in [0.25, 0.3) is 0 Å². The van der Waals surface area contributed by atoms with E-state index in [0.717, 1.165) is 18.8 Å². The number of rotatable bonds is 5. The van der Waals surface area contributed by atoms with Gasteiger partial charge in [-0.2, -0.15) is 0 Å². The van der Waals surface area contributed by atoms with E-state index in [1.165, 1.54) is 51.0 Å². The first-order valence-electron chi connectivity index (χ1n) is 9.91.